The Kier molecular flexibility index (Phi) is 6.95. The third-order valence-corrected chi connectivity index (χ3v) is 3.83. The van der Waals surface area contributed by atoms with E-state index in [-0.39, 0.29) is 6.03 Å². The predicted octanol–water partition coefficient (Wildman–Crippen LogP) is 4.67. The molecule has 134 valence electrons. The van der Waals surface area contributed by atoms with Gasteiger partial charge in [0.2, 0.25) is 0 Å². The van der Waals surface area contributed by atoms with E-state index in [1.165, 1.54) is 12.7 Å². The van der Waals surface area contributed by atoms with E-state index in [2.05, 4.69) is 30.5 Å². The van der Waals surface area contributed by atoms with Crippen LogP contribution in [-0.2, 0) is 0 Å². The Balaban J connectivity index is 1.79. The number of urea groups is 1. The quantitative estimate of drug-likeness (QED) is 0.703. The largest absolute Gasteiger partial charge is 0.495 e. The van der Waals surface area contributed by atoms with Crippen molar-refractivity contribution in [2.75, 3.05) is 25.6 Å². The zero-order chi connectivity index (χ0) is 18.2. The highest BCUT2D eigenvalue weighted by Crippen LogP contribution is 2.27. The first-order valence-corrected chi connectivity index (χ1v) is 8.48. The number of amides is 2. The number of carbonyl (C=O) groups excluding carboxylic acids is 1. The van der Waals surface area contributed by atoms with Gasteiger partial charge in [-0.25, -0.2) is 4.79 Å². The molecule has 0 aliphatic rings. The van der Waals surface area contributed by atoms with E-state index < -0.39 is 0 Å². The zero-order valence-corrected chi connectivity index (χ0v) is 15.4. The molecule has 0 heterocycles. The molecule has 0 aliphatic heterocycles. The van der Waals surface area contributed by atoms with Gasteiger partial charge >= 0.3 is 6.03 Å². The van der Waals surface area contributed by atoms with Crippen molar-refractivity contribution in [2.45, 2.75) is 19.8 Å². The molecule has 0 saturated carbocycles. The van der Waals surface area contributed by atoms with Crippen molar-refractivity contribution in [2.24, 2.45) is 0 Å². The van der Waals surface area contributed by atoms with Crippen LogP contribution >= 0.6 is 11.6 Å². The second kappa shape index (κ2) is 9.18. The molecular formula is C19H23ClN2O3. The Morgan fingerprint density at radius 3 is 2.72 bits per heavy atom. The van der Waals surface area contributed by atoms with E-state index in [4.69, 9.17) is 21.1 Å². The smallest absolute Gasteiger partial charge is 0.319 e. The number of methoxy groups -OCH3 is 1. The monoisotopic (exact) mass is 362 g/mol. The number of halogens is 1. The molecule has 2 aromatic rings. The van der Waals surface area contributed by atoms with E-state index in [0.717, 1.165) is 5.75 Å². The summed E-state index contributed by atoms with van der Waals surface area (Å²) in [5, 5.41) is 5.96. The molecule has 0 fully saturated rings. The van der Waals surface area contributed by atoms with Crippen LogP contribution in [0.5, 0.6) is 11.5 Å². The molecule has 2 N–H and O–H groups in total. The van der Waals surface area contributed by atoms with Gasteiger partial charge in [-0.05, 0) is 41.8 Å². The van der Waals surface area contributed by atoms with E-state index in [1.54, 1.807) is 18.2 Å². The number of nitrogens with one attached hydrogen (secondary N) is 2. The van der Waals surface area contributed by atoms with Crippen molar-refractivity contribution in [3.63, 3.8) is 0 Å². The lowest BCUT2D eigenvalue weighted by Crippen LogP contribution is -2.32. The molecule has 2 amide bonds. The number of ether oxygens (including phenoxy) is 2. The van der Waals surface area contributed by atoms with E-state index in [1.807, 2.05) is 18.2 Å². The minimum absolute atomic E-state index is 0.347. The molecule has 5 nitrogen and oxygen atoms in total. The summed E-state index contributed by atoms with van der Waals surface area (Å²) in [4.78, 5) is 12.0. The Hall–Kier alpha value is -2.40. The van der Waals surface area contributed by atoms with E-state index in [9.17, 15) is 4.79 Å². The van der Waals surface area contributed by atoms with Gasteiger partial charge in [-0.15, -0.1) is 0 Å². The van der Waals surface area contributed by atoms with Crippen LogP contribution in [-0.4, -0.2) is 26.3 Å². The fourth-order valence-corrected chi connectivity index (χ4v) is 2.41. The molecule has 0 unspecified atom stereocenters. The van der Waals surface area contributed by atoms with Crippen molar-refractivity contribution in [1.29, 1.82) is 0 Å². The summed E-state index contributed by atoms with van der Waals surface area (Å²) in [6.45, 7) is 5.02. The lowest BCUT2D eigenvalue weighted by atomic mass is 10.0. The summed E-state index contributed by atoms with van der Waals surface area (Å²) in [6.07, 6.45) is 0. The molecule has 0 saturated heterocycles. The molecule has 6 heteroatoms. The molecule has 25 heavy (non-hydrogen) atoms. The van der Waals surface area contributed by atoms with Crippen molar-refractivity contribution in [3.05, 3.63) is 53.1 Å². The number of hydrogen-bond acceptors (Lipinski definition) is 3. The SMILES string of the molecule is COc1ccc(Cl)cc1NC(=O)NCCOc1cccc(C(C)C)c1. The van der Waals surface area contributed by atoms with Gasteiger partial charge in [0.1, 0.15) is 18.1 Å². The standard InChI is InChI=1S/C19H23ClN2O3/c1-13(2)14-5-4-6-16(11-14)25-10-9-21-19(23)22-17-12-15(20)7-8-18(17)24-3/h4-8,11-13H,9-10H2,1-3H3,(H2,21,22,23). The normalized spacial score (nSPS) is 10.4. The summed E-state index contributed by atoms with van der Waals surface area (Å²) < 4.78 is 10.9. The van der Waals surface area contributed by atoms with Gasteiger partial charge in [-0.3, -0.25) is 0 Å². The van der Waals surface area contributed by atoms with Gasteiger partial charge in [-0.1, -0.05) is 37.6 Å². The lowest BCUT2D eigenvalue weighted by Gasteiger charge is -2.12. The fraction of sp³-hybridized carbons (Fsp3) is 0.316. The van der Waals surface area contributed by atoms with Crippen molar-refractivity contribution in [1.82, 2.24) is 5.32 Å². The average molecular weight is 363 g/mol. The van der Waals surface area contributed by atoms with E-state index in [0.29, 0.717) is 35.5 Å². The first kappa shape index (κ1) is 18.9. The first-order chi connectivity index (χ1) is 12.0. The van der Waals surface area contributed by atoms with E-state index >= 15 is 0 Å². The summed E-state index contributed by atoms with van der Waals surface area (Å²) in [6, 6.07) is 12.6. The molecule has 0 bridgehead atoms. The number of benzene rings is 2. The van der Waals surface area contributed by atoms with Gasteiger partial charge in [-0.2, -0.15) is 0 Å². The van der Waals surface area contributed by atoms with Crippen LogP contribution in [0.15, 0.2) is 42.5 Å². The molecule has 0 atom stereocenters. The highest BCUT2D eigenvalue weighted by Gasteiger charge is 2.08. The molecule has 0 aromatic heterocycles. The minimum Gasteiger partial charge on any atom is -0.495 e. The molecule has 2 aromatic carbocycles. The van der Waals surface area contributed by atoms with Gasteiger partial charge in [0.05, 0.1) is 19.3 Å². The van der Waals surface area contributed by atoms with Crippen molar-refractivity contribution < 1.29 is 14.3 Å². The maximum absolute atomic E-state index is 12.0. The van der Waals surface area contributed by atoms with Crippen LogP contribution in [0.25, 0.3) is 0 Å². The van der Waals surface area contributed by atoms with Crippen LogP contribution in [0.4, 0.5) is 10.5 Å². The molecule has 0 spiro atoms. The third kappa shape index (κ3) is 5.87. The Labute approximate surface area is 153 Å². The number of anilines is 1. The van der Waals surface area contributed by atoms with Gasteiger partial charge in [0, 0.05) is 5.02 Å². The second-order valence-corrected chi connectivity index (χ2v) is 6.24. The summed E-state index contributed by atoms with van der Waals surface area (Å²) >= 11 is 5.94. The first-order valence-electron chi connectivity index (χ1n) is 8.10. The van der Waals surface area contributed by atoms with Crippen LogP contribution in [0, 0.1) is 0 Å². The Bertz CT molecular complexity index is 720. The summed E-state index contributed by atoms with van der Waals surface area (Å²) in [7, 11) is 1.53. The highest BCUT2D eigenvalue weighted by molar-refractivity contribution is 6.31. The maximum atomic E-state index is 12.0. The van der Waals surface area contributed by atoms with Crippen LogP contribution in [0.2, 0.25) is 5.02 Å². The number of carbonyl (C=O) groups is 1. The summed E-state index contributed by atoms with van der Waals surface area (Å²) in [5.41, 5.74) is 1.73. The predicted molar refractivity (Wildman–Crippen MR) is 101 cm³/mol. The highest BCUT2D eigenvalue weighted by atomic mass is 35.5. The Morgan fingerprint density at radius 2 is 2.00 bits per heavy atom. The minimum atomic E-state index is -0.347. The van der Waals surface area contributed by atoms with Gasteiger partial charge in [0.15, 0.2) is 0 Å². The number of rotatable bonds is 7. The molecule has 0 radical (unpaired) electrons. The fourth-order valence-electron chi connectivity index (χ4n) is 2.24. The topological polar surface area (TPSA) is 59.6 Å². The van der Waals surface area contributed by atoms with Crippen LogP contribution < -0.4 is 20.1 Å². The average Bonchev–Trinajstić information content (AvgIpc) is 2.59. The maximum Gasteiger partial charge on any atom is 0.319 e. The molecule has 2 rings (SSSR count). The summed E-state index contributed by atoms with van der Waals surface area (Å²) in [5.74, 6) is 1.78. The van der Waals surface area contributed by atoms with Crippen LogP contribution in [0.3, 0.4) is 0 Å². The zero-order valence-electron chi connectivity index (χ0n) is 14.6. The van der Waals surface area contributed by atoms with Crippen molar-refractivity contribution in [3.8, 4) is 11.5 Å². The molecule has 0 aliphatic carbocycles. The molecular weight excluding hydrogens is 340 g/mol. The van der Waals surface area contributed by atoms with Crippen molar-refractivity contribution >= 4 is 23.3 Å². The van der Waals surface area contributed by atoms with Crippen LogP contribution in [0.1, 0.15) is 25.3 Å². The second-order valence-electron chi connectivity index (χ2n) is 5.80. The van der Waals surface area contributed by atoms with Gasteiger partial charge in [0.25, 0.3) is 0 Å². The lowest BCUT2D eigenvalue weighted by molar-refractivity contribution is 0.247. The van der Waals surface area contributed by atoms with Gasteiger partial charge < -0.3 is 20.1 Å². The Morgan fingerprint density at radius 1 is 1.20 bits per heavy atom. The third-order valence-electron chi connectivity index (χ3n) is 3.59. The number of hydrogen-bond donors (Lipinski definition) is 2.